The lowest BCUT2D eigenvalue weighted by atomic mass is 9.95. The van der Waals surface area contributed by atoms with Crippen LogP contribution in [0.5, 0.6) is 5.75 Å². The van der Waals surface area contributed by atoms with Crippen LogP contribution in [0.4, 0.5) is 0 Å². The Balaban J connectivity index is 1.94. The van der Waals surface area contributed by atoms with Crippen molar-refractivity contribution in [2.45, 2.75) is 26.3 Å². The van der Waals surface area contributed by atoms with Gasteiger partial charge in [0.15, 0.2) is 17.3 Å². The number of carbonyl (C=O) groups is 3. The van der Waals surface area contributed by atoms with Crippen molar-refractivity contribution < 1.29 is 24.6 Å². The van der Waals surface area contributed by atoms with E-state index in [0.29, 0.717) is 17.5 Å². The number of hydrogen-bond acceptors (Lipinski definition) is 5. The first-order valence-electron chi connectivity index (χ1n) is 8.93. The van der Waals surface area contributed by atoms with E-state index >= 15 is 0 Å². The molecule has 0 radical (unpaired) electrons. The third-order valence-corrected chi connectivity index (χ3v) is 4.87. The molecule has 1 aliphatic rings. The maximum Gasteiger partial charge on any atom is 0.290 e. The second-order valence-corrected chi connectivity index (χ2v) is 6.82. The maximum absolute atomic E-state index is 12.6. The Morgan fingerprint density at radius 3 is 2.25 bits per heavy atom. The first kappa shape index (κ1) is 19.4. The molecule has 144 valence electrons. The first-order valence-corrected chi connectivity index (χ1v) is 8.93. The minimum absolute atomic E-state index is 0.0523. The molecule has 2 aromatic carbocycles. The largest absolute Gasteiger partial charge is 0.508 e. The SMILES string of the molecule is CC(=O)C1=C(O)C(=O)N(CCc2cccc(O)c2)C1c1ccc(C(C)=O)cc1. The van der Waals surface area contributed by atoms with Crippen LogP contribution in [0.15, 0.2) is 59.9 Å². The molecule has 0 aromatic heterocycles. The first-order chi connectivity index (χ1) is 13.3. The fourth-order valence-corrected chi connectivity index (χ4v) is 3.45. The van der Waals surface area contributed by atoms with Crippen molar-refractivity contribution in [3.8, 4) is 5.75 Å². The normalized spacial score (nSPS) is 16.6. The van der Waals surface area contributed by atoms with Crippen LogP contribution in [0.25, 0.3) is 0 Å². The molecule has 0 fully saturated rings. The van der Waals surface area contributed by atoms with Gasteiger partial charge in [0.1, 0.15) is 5.75 Å². The van der Waals surface area contributed by atoms with Gasteiger partial charge in [-0.2, -0.15) is 0 Å². The van der Waals surface area contributed by atoms with Gasteiger partial charge in [-0.25, -0.2) is 0 Å². The number of phenolic OH excluding ortho intramolecular Hbond substituents is 1. The highest BCUT2D eigenvalue weighted by molar-refractivity contribution is 6.08. The lowest BCUT2D eigenvalue weighted by Gasteiger charge is -2.26. The number of rotatable bonds is 6. The highest BCUT2D eigenvalue weighted by Crippen LogP contribution is 2.37. The monoisotopic (exact) mass is 379 g/mol. The number of ketones is 2. The number of aliphatic hydroxyl groups excluding tert-OH is 1. The van der Waals surface area contributed by atoms with Crippen molar-refractivity contribution in [3.63, 3.8) is 0 Å². The van der Waals surface area contributed by atoms with E-state index < -0.39 is 17.7 Å². The molecule has 6 nitrogen and oxygen atoms in total. The number of carbonyl (C=O) groups excluding carboxylic acids is 3. The van der Waals surface area contributed by atoms with Gasteiger partial charge in [-0.1, -0.05) is 36.4 Å². The van der Waals surface area contributed by atoms with Crippen molar-refractivity contribution in [3.05, 3.63) is 76.6 Å². The number of nitrogens with zero attached hydrogens (tertiary/aromatic N) is 1. The van der Waals surface area contributed by atoms with Crippen LogP contribution in [-0.4, -0.2) is 39.1 Å². The molecular formula is C22H21NO5. The van der Waals surface area contributed by atoms with Crippen molar-refractivity contribution in [2.24, 2.45) is 0 Å². The lowest BCUT2D eigenvalue weighted by Crippen LogP contribution is -2.33. The van der Waals surface area contributed by atoms with Gasteiger partial charge in [-0.05, 0) is 43.5 Å². The minimum atomic E-state index is -0.719. The Labute approximate surface area is 162 Å². The van der Waals surface area contributed by atoms with Crippen LogP contribution in [0, 0.1) is 0 Å². The van der Waals surface area contributed by atoms with Crippen LogP contribution >= 0.6 is 0 Å². The van der Waals surface area contributed by atoms with Gasteiger partial charge >= 0.3 is 0 Å². The van der Waals surface area contributed by atoms with E-state index in [9.17, 15) is 24.6 Å². The number of aromatic hydroxyl groups is 1. The van der Waals surface area contributed by atoms with Gasteiger partial charge in [-0.3, -0.25) is 14.4 Å². The van der Waals surface area contributed by atoms with Gasteiger partial charge in [0.05, 0.1) is 11.6 Å². The zero-order chi connectivity index (χ0) is 20.4. The molecule has 1 heterocycles. The Morgan fingerprint density at radius 1 is 1.00 bits per heavy atom. The van der Waals surface area contributed by atoms with E-state index in [1.807, 2.05) is 6.07 Å². The van der Waals surface area contributed by atoms with Crippen LogP contribution in [0.1, 0.15) is 41.4 Å². The molecule has 1 aliphatic heterocycles. The molecule has 1 unspecified atom stereocenters. The van der Waals surface area contributed by atoms with Crippen LogP contribution in [0.3, 0.4) is 0 Å². The maximum atomic E-state index is 12.6. The van der Waals surface area contributed by atoms with Gasteiger partial charge in [-0.15, -0.1) is 0 Å². The predicted octanol–water partition coefficient (Wildman–Crippen LogP) is 3.12. The molecule has 6 heteroatoms. The zero-order valence-corrected chi connectivity index (χ0v) is 15.7. The molecule has 28 heavy (non-hydrogen) atoms. The average Bonchev–Trinajstić information content (AvgIpc) is 2.91. The van der Waals surface area contributed by atoms with Crippen molar-refractivity contribution in [1.82, 2.24) is 4.90 Å². The highest BCUT2D eigenvalue weighted by atomic mass is 16.3. The summed E-state index contributed by atoms with van der Waals surface area (Å²) in [6.07, 6.45) is 0.445. The molecule has 0 bridgehead atoms. The summed E-state index contributed by atoms with van der Waals surface area (Å²) in [5.74, 6) is -1.48. The van der Waals surface area contributed by atoms with Gasteiger partial charge in [0.25, 0.3) is 5.91 Å². The summed E-state index contributed by atoms with van der Waals surface area (Å²) in [6, 6.07) is 12.7. The van der Waals surface area contributed by atoms with Crippen molar-refractivity contribution >= 4 is 17.5 Å². The van der Waals surface area contributed by atoms with Crippen molar-refractivity contribution in [2.75, 3.05) is 6.54 Å². The van der Waals surface area contributed by atoms with Gasteiger partial charge in [0.2, 0.25) is 0 Å². The van der Waals surface area contributed by atoms with Gasteiger partial charge in [0, 0.05) is 12.1 Å². The molecule has 0 spiro atoms. The van der Waals surface area contributed by atoms with E-state index in [4.69, 9.17) is 0 Å². The number of amides is 1. The fraction of sp³-hybridized carbons (Fsp3) is 0.227. The van der Waals surface area contributed by atoms with Crippen LogP contribution < -0.4 is 0 Å². The summed E-state index contributed by atoms with van der Waals surface area (Å²) in [5, 5.41) is 19.9. The summed E-state index contributed by atoms with van der Waals surface area (Å²) >= 11 is 0. The Bertz CT molecular complexity index is 975. The molecule has 1 amide bonds. The Kier molecular flexibility index (Phi) is 5.31. The third-order valence-electron chi connectivity index (χ3n) is 4.87. The molecule has 2 N–H and O–H groups in total. The number of phenols is 1. The van der Waals surface area contributed by atoms with Crippen LogP contribution in [0.2, 0.25) is 0 Å². The molecule has 1 atom stereocenters. The second-order valence-electron chi connectivity index (χ2n) is 6.82. The van der Waals surface area contributed by atoms with E-state index in [1.165, 1.54) is 18.7 Å². The highest BCUT2D eigenvalue weighted by Gasteiger charge is 2.42. The van der Waals surface area contributed by atoms with E-state index in [1.54, 1.807) is 42.5 Å². The van der Waals surface area contributed by atoms with E-state index in [0.717, 1.165) is 5.56 Å². The van der Waals surface area contributed by atoms with Crippen LogP contribution in [-0.2, 0) is 16.0 Å². The minimum Gasteiger partial charge on any atom is -0.508 e. The molecule has 3 rings (SSSR count). The number of aliphatic hydroxyl groups is 1. The van der Waals surface area contributed by atoms with E-state index in [2.05, 4.69) is 0 Å². The summed E-state index contributed by atoms with van der Waals surface area (Å²) in [5.41, 5.74) is 2.05. The number of hydrogen-bond donors (Lipinski definition) is 2. The predicted molar refractivity (Wildman–Crippen MR) is 103 cm³/mol. The summed E-state index contributed by atoms with van der Waals surface area (Å²) in [4.78, 5) is 37.7. The summed E-state index contributed by atoms with van der Waals surface area (Å²) in [7, 11) is 0. The topological polar surface area (TPSA) is 94.9 Å². The standard InChI is InChI=1S/C22H21NO5/c1-13(24)16-6-8-17(9-7-16)20-19(14(2)25)21(27)22(28)23(20)11-10-15-4-3-5-18(26)12-15/h3-9,12,20,26-27H,10-11H2,1-2H3. The molecule has 0 saturated carbocycles. The smallest absolute Gasteiger partial charge is 0.290 e. The summed E-state index contributed by atoms with van der Waals surface area (Å²) < 4.78 is 0. The lowest BCUT2D eigenvalue weighted by molar-refractivity contribution is -0.129. The average molecular weight is 379 g/mol. The second kappa shape index (κ2) is 7.68. The molecular weight excluding hydrogens is 358 g/mol. The Morgan fingerprint density at radius 2 is 1.68 bits per heavy atom. The van der Waals surface area contributed by atoms with Gasteiger partial charge < -0.3 is 15.1 Å². The molecule has 2 aromatic rings. The third kappa shape index (κ3) is 3.67. The molecule has 0 saturated heterocycles. The Hall–Kier alpha value is -3.41. The quantitative estimate of drug-likeness (QED) is 0.752. The summed E-state index contributed by atoms with van der Waals surface area (Å²) in [6.45, 7) is 3.03. The zero-order valence-electron chi connectivity index (χ0n) is 15.7. The molecule has 0 aliphatic carbocycles. The number of benzene rings is 2. The number of Topliss-reactive ketones (excluding diaryl/α,β-unsaturated/α-hetero) is 2. The fourth-order valence-electron chi connectivity index (χ4n) is 3.45. The van der Waals surface area contributed by atoms with Crippen molar-refractivity contribution in [1.29, 1.82) is 0 Å². The van der Waals surface area contributed by atoms with E-state index in [-0.39, 0.29) is 29.4 Å².